The predicted molar refractivity (Wildman–Crippen MR) is 82.8 cm³/mol. The highest BCUT2D eigenvalue weighted by atomic mass is 16.1. The molecule has 7 heteroatoms. The fourth-order valence-electron chi connectivity index (χ4n) is 2.09. The molecule has 22 heavy (non-hydrogen) atoms. The van der Waals surface area contributed by atoms with Crippen LogP contribution in [0.15, 0.2) is 41.6 Å². The van der Waals surface area contributed by atoms with Crippen LogP contribution in [0.25, 0.3) is 28.5 Å². The van der Waals surface area contributed by atoms with Crippen molar-refractivity contribution in [3.8, 4) is 11.3 Å². The van der Waals surface area contributed by atoms with Gasteiger partial charge in [-0.2, -0.15) is 0 Å². The van der Waals surface area contributed by atoms with Crippen LogP contribution in [-0.4, -0.2) is 25.4 Å². The lowest BCUT2D eigenvalue weighted by atomic mass is 10.2. The first kappa shape index (κ1) is 13.7. The molecule has 110 valence electrons. The quantitative estimate of drug-likeness (QED) is 0.697. The molecule has 0 saturated heterocycles. The highest BCUT2D eigenvalue weighted by molar-refractivity contribution is 5.93. The summed E-state index contributed by atoms with van der Waals surface area (Å²) in [7, 11) is 1.68. The fraction of sp³-hybridized carbons (Fsp3) is 0.0667. The van der Waals surface area contributed by atoms with Crippen molar-refractivity contribution in [2.45, 2.75) is 0 Å². The van der Waals surface area contributed by atoms with E-state index in [1.165, 1.54) is 16.7 Å². The number of nitrogens with two attached hydrogens (primary N) is 1. The second kappa shape index (κ2) is 5.28. The summed E-state index contributed by atoms with van der Waals surface area (Å²) in [5.41, 5.74) is 8.38. The Morgan fingerprint density at radius 3 is 2.95 bits per heavy atom. The molecule has 0 aromatic carbocycles. The van der Waals surface area contributed by atoms with Crippen LogP contribution in [0, 0.1) is 0 Å². The number of aryl methyl sites for hydroxylation is 1. The third-order valence-corrected chi connectivity index (χ3v) is 3.22. The topological polar surface area (TPSA) is 107 Å². The molecule has 3 aromatic heterocycles. The number of carbonyl (C=O) groups excluding carboxylic acids is 1. The van der Waals surface area contributed by atoms with E-state index in [1.807, 2.05) is 0 Å². The number of carbonyl (C=O) groups is 1. The Bertz CT molecular complexity index is 952. The van der Waals surface area contributed by atoms with Crippen molar-refractivity contribution in [1.29, 1.82) is 0 Å². The van der Waals surface area contributed by atoms with Gasteiger partial charge >= 0.3 is 0 Å². The second-order valence-electron chi connectivity index (χ2n) is 4.80. The third kappa shape index (κ3) is 2.51. The Morgan fingerprint density at radius 1 is 1.41 bits per heavy atom. The zero-order valence-corrected chi connectivity index (χ0v) is 11.8. The minimum absolute atomic E-state index is 0.0930. The maximum Gasteiger partial charge on any atom is 0.250 e. The summed E-state index contributed by atoms with van der Waals surface area (Å²) in [5.74, 6) is -0.531. The van der Waals surface area contributed by atoms with Gasteiger partial charge in [0.25, 0.3) is 0 Å². The van der Waals surface area contributed by atoms with E-state index in [-0.39, 0.29) is 5.56 Å². The molecule has 0 aliphatic heterocycles. The Labute approximate surface area is 125 Å². The van der Waals surface area contributed by atoms with Crippen molar-refractivity contribution in [2.24, 2.45) is 12.8 Å². The maximum atomic E-state index is 11.4. The van der Waals surface area contributed by atoms with E-state index in [0.717, 1.165) is 5.56 Å². The smallest absolute Gasteiger partial charge is 0.250 e. The molecule has 0 fully saturated rings. The molecule has 3 aromatic rings. The largest absolute Gasteiger partial charge is 0.366 e. The van der Waals surface area contributed by atoms with Gasteiger partial charge in [0.05, 0.1) is 11.9 Å². The Morgan fingerprint density at radius 2 is 2.23 bits per heavy atom. The number of nitrogens with one attached hydrogen (secondary N) is 1. The molecule has 0 saturated carbocycles. The van der Waals surface area contributed by atoms with Crippen LogP contribution in [0.1, 0.15) is 5.56 Å². The minimum Gasteiger partial charge on any atom is -0.366 e. The van der Waals surface area contributed by atoms with Gasteiger partial charge in [-0.1, -0.05) is 0 Å². The number of aromatic amines is 1. The number of amides is 1. The number of H-pyrrole nitrogens is 1. The second-order valence-corrected chi connectivity index (χ2v) is 4.80. The molecular weight excluding hydrogens is 282 g/mol. The summed E-state index contributed by atoms with van der Waals surface area (Å²) < 4.78 is 1.48. The molecule has 0 aliphatic carbocycles. The van der Waals surface area contributed by atoms with E-state index in [2.05, 4.69) is 15.0 Å². The summed E-state index contributed by atoms with van der Waals surface area (Å²) in [6, 6.07) is 3.18. The molecular formula is C15H13N5O2. The molecule has 0 radical (unpaired) electrons. The molecule has 1 amide bonds. The number of primary amides is 1. The predicted octanol–water partition coefficient (Wildman–Crippen LogP) is 0.822. The monoisotopic (exact) mass is 295 g/mol. The van der Waals surface area contributed by atoms with Crippen LogP contribution in [0.5, 0.6) is 0 Å². The fourth-order valence-corrected chi connectivity index (χ4v) is 2.09. The van der Waals surface area contributed by atoms with Gasteiger partial charge in [0.2, 0.25) is 11.5 Å². The average Bonchev–Trinajstić information content (AvgIpc) is 2.90. The van der Waals surface area contributed by atoms with E-state index in [1.54, 1.807) is 37.8 Å². The molecule has 0 aliphatic rings. The standard InChI is InChI=1S/C15H13N5O2/c1-20-8-10(3-5-13(20)22)11-7-18-15-14(19-11)9(6-17-15)2-4-12(16)21/h2-8H,1H3,(H2,16,21)(H,17,18). The Balaban J connectivity index is 2.11. The maximum absolute atomic E-state index is 11.4. The van der Waals surface area contributed by atoms with Crippen molar-refractivity contribution in [3.05, 3.63) is 52.7 Å². The van der Waals surface area contributed by atoms with Crippen LogP contribution in [-0.2, 0) is 11.8 Å². The highest BCUT2D eigenvalue weighted by Crippen LogP contribution is 2.20. The Kier molecular flexibility index (Phi) is 3.30. The van der Waals surface area contributed by atoms with Crippen molar-refractivity contribution < 1.29 is 4.79 Å². The van der Waals surface area contributed by atoms with Gasteiger partial charge in [0.1, 0.15) is 5.52 Å². The number of hydrogen-bond acceptors (Lipinski definition) is 4. The van der Waals surface area contributed by atoms with Gasteiger partial charge in [-0.15, -0.1) is 0 Å². The van der Waals surface area contributed by atoms with Gasteiger partial charge in [-0.25, -0.2) is 9.97 Å². The van der Waals surface area contributed by atoms with Crippen LogP contribution >= 0.6 is 0 Å². The molecule has 0 unspecified atom stereocenters. The minimum atomic E-state index is -0.531. The number of aromatic nitrogens is 4. The summed E-state index contributed by atoms with van der Waals surface area (Å²) in [5, 5.41) is 0. The number of pyridine rings is 1. The van der Waals surface area contributed by atoms with Crippen molar-refractivity contribution >= 4 is 23.1 Å². The van der Waals surface area contributed by atoms with Crippen LogP contribution in [0.4, 0.5) is 0 Å². The average molecular weight is 295 g/mol. The SMILES string of the molecule is Cn1cc(-c2cnc3[nH]cc(C=CC(N)=O)c3n2)ccc1=O. The van der Waals surface area contributed by atoms with Crippen molar-refractivity contribution in [2.75, 3.05) is 0 Å². The van der Waals surface area contributed by atoms with Gasteiger partial charge < -0.3 is 15.3 Å². The number of nitrogens with zero attached hydrogens (tertiary/aromatic N) is 3. The lowest BCUT2D eigenvalue weighted by molar-refractivity contribution is -0.113. The first-order valence-corrected chi connectivity index (χ1v) is 6.53. The lowest BCUT2D eigenvalue weighted by Gasteiger charge is -2.03. The Hall–Kier alpha value is -3.22. The molecule has 7 nitrogen and oxygen atoms in total. The van der Waals surface area contributed by atoms with Crippen molar-refractivity contribution in [3.63, 3.8) is 0 Å². The van der Waals surface area contributed by atoms with E-state index in [0.29, 0.717) is 22.4 Å². The summed E-state index contributed by atoms with van der Waals surface area (Å²) in [4.78, 5) is 34.1. The van der Waals surface area contributed by atoms with E-state index in [9.17, 15) is 9.59 Å². The number of hydrogen-bond donors (Lipinski definition) is 2. The van der Waals surface area contributed by atoms with E-state index in [4.69, 9.17) is 5.73 Å². The third-order valence-electron chi connectivity index (χ3n) is 3.22. The summed E-state index contributed by atoms with van der Waals surface area (Å²) in [6.07, 6.45) is 7.88. The van der Waals surface area contributed by atoms with Crippen LogP contribution in [0.3, 0.4) is 0 Å². The van der Waals surface area contributed by atoms with Gasteiger partial charge in [0, 0.05) is 42.7 Å². The molecule has 0 bridgehead atoms. The van der Waals surface area contributed by atoms with E-state index < -0.39 is 5.91 Å². The van der Waals surface area contributed by atoms with Crippen molar-refractivity contribution in [1.82, 2.24) is 19.5 Å². The first-order valence-electron chi connectivity index (χ1n) is 6.53. The summed E-state index contributed by atoms with van der Waals surface area (Å²) in [6.45, 7) is 0. The number of fused-ring (bicyclic) bond motifs is 1. The zero-order chi connectivity index (χ0) is 15.7. The highest BCUT2D eigenvalue weighted by Gasteiger charge is 2.08. The van der Waals surface area contributed by atoms with Gasteiger partial charge in [-0.05, 0) is 12.1 Å². The zero-order valence-electron chi connectivity index (χ0n) is 11.8. The lowest BCUT2D eigenvalue weighted by Crippen LogP contribution is -2.14. The van der Waals surface area contributed by atoms with E-state index >= 15 is 0 Å². The summed E-state index contributed by atoms with van der Waals surface area (Å²) >= 11 is 0. The van der Waals surface area contributed by atoms with Crippen LogP contribution in [0.2, 0.25) is 0 Å². The molecule has 3 N–H and O–H groups in total. The van der Waals surface area contributed by atoms with Crippen LogP contribution < -0.4 is 11.3 Å². The first-order chi connectivity index (χ1) is 10.5. The number of rotatable bonds is 3. The van der Waals surface area contributed by atoms with Gasteiger partial charge in [0.15, 0.2) is 5.65 Å². The van der Waals surface area contributed by atoms with Gasteiger partial charge in [-0.3, -0.25) is 9.59 Å². The molecule has 0 spiro atoms. The molecule has 0 atom stereocenters. The normalized spacial score (nSPS) is 11.3. The molecule has 3 heterocycles. The molecule has 3 rings (SSSR count).